The molecule has 0 aliphatic heterocycles. The summed E-state index contributed by atoms with van der Waals surface area (Å²) in [6.45, 7) is 0. The number of benzene rings is 1. The van der Waals surface area contributed by atoms with Gasteiger partial charge in [0.1, 0.15) is 11.6 Å². The summed E-state index contributed by atoms with van der Waals surface area (Å²) in [5.41, 5.74) is 0.319. The van der Waals surface area contributed by atoms with E-state index in [0.717, 1.165) is 18.2 Å². The lowest BCUT2D eigenvalue weighted by Crippen LogP contribution is -2.21. The molecule has 0 atom stereocenters. The van der Waals surface area contributed by atoms with Crippen LogP contribution in [0.1, 0.15) is 18.4 Å². The average Bonchev–Trinajstić information content (AvgIpc) is 2.81. The molecular weight excluding hydrogens is 258 g/mol. The molecule has 1 fully saturated rings. The summed E-state index contributed by atoms with van der Waals surface area (Å²) < 4.78 is 47.3. The molecule has 88 valence electrons. The van der Waals surface area contributed by atoms with Gasteiger partial charge in [0.25, 0.3) is 0 Å². The first-order valence-electron chi connectivity index (χ1n) is 4.72. The third-order valence-electron chi connectivity index (χ3n) is 2.77. The van der Waals surface area contributed by atoms with Crippen molar-refractivity contribution in [3.05, 3.63) is 35.4 Å². The highest BCUT2D eigenvalue weighted by atomic mass is 35.7. The molecule has 0 unspecified atom stereocenters. The standard InChI is InChI=1S/C10H9ClF2O2S/c11-16(14,15)10(1-2-10)6-7-3-8(12)5-9(13)4-7/h3-5H,1-2,6H2. The molecule has 1 aliphatic carbocycles. The van der Waals surface area contributed by atoms with Crippen molar-refractivity contribution in [2.75, 3.05) is 0 Å². The van der Waals surface area contributed by atoms with E-state index in [1.807, 2.05) is 0 Å². The highest BCUT2D eigenvalue weighted by molar-refractivity contribution is 8.15. The molecule has 0 N–H and O–H groups in total. The van der Waals surface area contributed by atoms with E-state index in [1.165, 1.54) is 0 Å². The van der Waals surface area contributed by atoms with E-state index in [4.69, 9.17) is 10.7 Å². The molecule has 0 aromatic heterocycles. The van der Waals surface area contributed by atoms with Crippen LogP contribution in [0.5, 0.6) is 0 Å². The van der Waals surface area contributed by atoms with Crippen molar-refractivity contribution < 1.29 is 17.2 Å². The molecule has 6 heteroatoms. The number of hydrogen-bond donors (Lipinski definition) is 0. The summed E-state index contributed by atoms with van der Waals surface area (Å²) in [6, 6.07) is 3.01. The van der Waals surface area contributed by atoms with Gasteiger partial charge in [-0.2, -0.15) is 0 Å². The third kappa shape index (κ3) is 2.20. The van der Waals surface area contributed by atoms with Crippen LogP contribution < -0.4 is 0 Å². The van der Waals surface area contributed by atoms with Crippen molar-refractivity contribution in [1.82, 2.24) is 0 Å². The van der Waals surface area contributed by atoms with Gasteiger partial charge in [-0.25, -0.2) is 17.2 Å². The second kappa shape index (κ2) is 3.67. The Kier molecular flexibility index (Phi) is 2.70. The van der Waals surface area contributed by atoms with Crippen molar-refractivity contribution in [3.8, 4) is 0 Å². The summed E-state index contributed by atoms with van der Waals surface area (Å²) in [5.74, 6) is -1.42. The van der Waals surface area contributed by atoms with E-state index in [-0.39, 0.29) is 6.42 Å². The van der Waals surface area contributed by atoms with Crippen LogP contribution in [0.4, 0.5) is 8.78 Å². The van der Waals surface area contributed by atoms with E-state index in [9.17, 15) is 17.2 Å². The van der Waals surface area contributed by atoms with Crippen LogP contribution in [0, 0.1) is 11.6 Å². The normalized spacial score (nSPS) is 18.4. The van der Waals surface area contributed by atoms with Crippen LogP contribution in [0.15, 0.2) is 18.2 Å². The zero-order valence-corrected chi connectivity index (χ0v) is 9.78. The fraction of sp³-hybridized carbons (Fsp3) is 0.400. The Labute approximate surface area is 96.6 Å². The quantitative estimate of drug-likeness (QED) is 0.788. The molecule has 2 nitrogen and oxygen atoms in total. The minimum atomic E-state index is -3.69. The predicted octanol–water partition coefficient (Wildman–Crippen LogP) is 2.61. The average molecular weight is 267 g/mol. The number of hydrogen-bond acceptors (Lipinski definition) is 2. The molecule has 0 amide bonds. The van der Waals surface area contributed by atoms with Gasteiger partial charge in [0.05, 0.1) is 4.75 Å². The second-order valence-electron chi connectivity index (χ2n) is 4.08. The van der Waals surface area contributed by atoms with E-state index in [1.54, 1.807) is 0 Å². The van der Waals surface area contributed by atoms with Crippen molar-refractivity contribution in [2.24, 2.45) is 0 Å². The molecule has 2 rings (SSSR count). The molecular formula is C10H9ClF2O2S. The van der Waals surface area contributed by atoms with Gasteiger partial charge in [-0.3, -0.25) is 0 Å². The first-order chi connectivity index (χ1) is 7.32. The van der Waals surface area contributed by atoms with E-state index in [0.29, 0.717) is 18.4 Å². The first kappa shape index (κ1) is 11.8. The highest BCUT2D eigenvalue weighted by Gasteiger charge is 2.53. The third-order valence-corrected chi connectivity index (χ3v) is 5.34. The molecule has 0 bridgehead atoms. The maximum absolute atomic E-state index is 12.9. The predicted molar refractivity (Wildman–Crippen MR) is 56.8 cm³/mol. The zero-order chi connectivity index (χ0) is 12.0. The van der Waals surface area contributed by atoms with Crippen molar-refractivity contribution in [2.45, 2.75) is 24.0 Å². The van der Waals surface area contributed by atoms with Crippen molar-refractivity contribution in [3.63, 3.8) is 0 Å². The van der Waals surface area contributed by atoms with Gasteiger partial charge in [0.2, 0.25) is 9.05 Å². The minimum absolute atomic E-state index is 0.0630. The summed E-state index contributed by atoms with van der Waals surface area (Å²) in [6.07, 6.45) is 0.946. The van der Waals surface area contributed by atoms with Gasteiger partial charge in [-0.1, -0.05) is 0 Å². The lowest BCUT2D eigenvalue weighted by molar-refractivity contribution is 0.573. The lowest BCUT2D eigenvalue weighted by Gasteiger charge is -2.11. The summed E-state index contributed by atoms with van der Waals surface area (Å²) >= 11 is 0. The maximum Gasteiger partial charge on any atom is 0.238 e. The molecule has 16 heavy (non-hydrogen) atoms. The minimum Gasteiger partial charge on any atom is -0.212 e. The van der Waals surface area contributed by atoms with Crippen LogP contribution in [0.3, 0.4) is 0 Å². The van der Waals surface area contributed by atoms with Gasteiger partial charge in [-0.15, -0.1) is 0 Å². The molecule has 1 saturated carbocycles. The summed E-state index contributed by atoms with van der Waals surface area (Å²) in [5, 5.41) is 0. The molecule has 0 heterocycles. The van der Waals surface area contributed by atoms with Gasteiger partial charge < -0.3 is 0 Å². The Morgan fingerprint density at radius 1 is 1.19 bits per heavy atom. The molecule has 0 saturated heterocycles. The molecule has 0 radical (unpaired) electrons. The Morgan fingerprint density at radius 3 is 2.06 bits per heavy atom. The van der Waals surface area contributed by atoms with E-state index < -0.39 is 25.4 Å². The number of rotatable bonds is 3. The van der Waals surface area contributed by atoms with Crippen LogP contribution >= 0.6 is 10.7 Å². The second-order valence-corrected chi connectivity index (χ2v) is 7.04. The lowest BCUT2D eigenvalue weighted by atomic mass is 10.1. The first-order valence-corrected chi connectivity index (χ1v) is 7.03. The molecule has 1 aromatic rings. The molecule has 1 aliphatic rings. The monoisotopic (exact) mass is 266 g/mol. The highest BCUT2D eigenvalue weighted by Crippen LogP contribution is 2.48. The SMILES string of the molecule is O=S(=O)(Cl)C1(Cc2cc(F)cc(F)c2)CC1. The Bertz CT molecular complexity index is 503. The van der Waals surface area contributed by atoms with E-state index >= 15 is 0 Å². The molecule has 1 aromatic carbocycles. The smallest absolute Gasteiger partial charge is 0.212 e. The molecule has 0 spiro atoms. The fourth-order valence-corrected chi connectivity index (χ4v) is 3.29. The van der Waals surface area contributed by atoms with Gasteiger partial charge >= 0.3 is 0 Å². The van der Waals surface area contributed by atoms with Gasteiger partial charge in [0, 0.05) is 16.7 Å². The Balaban J connectivity index is 2.28. The van der Waals surface area contributed by atoms with Gasteiger partial charge in [0.15, 0.2) is 0 Å². The largest absolute Gasteiger partial charge is 0.238 e. The van der Waals surface area contributed by atoms with Crippen LogP contribution in [-0.2, 0) is 15.5 Å². The Hall–Kier alpha value is -0.680. The van der Waals surface area contributed by atoms with Crippen molar-refractivity contribution >= 4 is 19.7 Å². The summed E-state index contributed by atoms with van der Waals surface area (Å²) in [4.78, 5) is 0. The topological polar surface area (TPSA) is 34.1 Å². The van der Waals surface area contributed by atoms with Gasteiger partial charge in [-0.05, 0) is 37.0 Å². The van der Waals surface area contributed by atoms with Crippen LogP contribution in [-0.4, -0.2) is 13.2 Å². The maximum atomic E-state index is 12.9. The number of halogens is 3. The van der Waals surface area contributed by atoms with Crippen LogP contribution in [0.25, 0.3) is 0 Å². The Morgan fingerprint density at radius 2 is 1.69 bits per heavy atom. The fourth-order valence-electron chi connectivity index (χ4n) is 1.73. The summed E-state index contributed by atoms with van der Waals surface area (Å²) in [7, 11) is 1.61. The van der Waals surface area contributed by atoms with Crippen LogP contribution in [0.2, 0.25) is 0 Å². The van der Waals surface area contributed by atoms with Crippen molar-refractivity contribution in [1.29, 1.82) is 0 Å². The van der Waals surface area contributed by atoms with E-state index in [2.05, 4.69) is 0 Å². The zero-order valence-electron chi connectivity index (χ0n) is 8.21.